The fraction of sp³-hybridized carbons (Fsp3) is 0.395. The predicted molar refractivity (Wildman–Crippen MR) is 198 cm³/mol. The summed E-state index contributed by atoms with van der Waals surface area (Å²) in [6.45, 7) is 8.51. The lowest BCUT2D eigenvalue weighted by Crippen LogP contribution is -2.42. The minimum atomic E-state index is -1.69. The Bertz CT molecular complexity index is 1700. The van der Waals surface area contributed by atoms with Gasteiger partial charge in [-0.15, -0.1) is 11.8 Å². The number of thioether (sulfide) groups is 1. The van der Waals surface area contributed by atoms with Crippen molar-refractivity contribution in [3.63, 3.8) is 0 Å². The second-order valence-corrected chi connectivity index (χ2v) is 15.1. The van der Waals surface area contributed by atoms with Gasteiger partial charge in [-0.25, -0.2) is 9.46 Å². The fourth-order valence-electron chi connectivity index (χ4n) is 6.45. The Morgan fingerprint density at radius 3 is 1.90 bits per heavy atom. The highest BCUT2D eigenvalue weighted by molar-refractivity contribution is 8.00. The smallest absolute Gasteiger partial charge is 0.330 e. The van der Waals surface area contributed by atoms with E-state index in [0.717, 1.165) is 16.7 Å². The largest absolute Gasteiger partial charge is 0.374 e. The second-order valence-electron chi connectivity index (χ2n) is 12.5. The van der Waals surface area contributed by atoms with Gasteiger partial charge in [-0.05, 0) is 44.4 Å². The van der Waals surface area contributed by atoms with Crippen LogP contribution in [0.25, 0.3) is 0 Å². The van der Waals surface area contributed by atoms with Crippen LogP contribution in [0.2, 0.25) is 0 Å². The summed E-state index contributed by atoms with van der Waals surface area (Å²) in [5.41, 5.74) is 2.19. The van der Waals surface area contributed by atoms with Crippen molar-refractivity contribution in [3.05, 3.63) is 141 Å². The maximum absolute atomic E-state index is 13.1. The summed E-state index contributed by atoms with van der Waals surface area (Å²) in [7, 11) is -0.125. The molecule has 4 aromatic rings. The molecule has 1 fully saturated rings. The topological polar surface area (TPSA) is 119 Å². The molecule has 5 atom stereocenters. The quantitative estimate of drug-likeness (QED) is 0.0756. The van der Waals surface area contributed by atoms with Crippen LogP contribution in [0, 0.1) is 11.3 Å². The standard InChI is InChI=1S/C38H45N4O6PS/c1-27(2)42(28(3)4)49(46-25-15-23-39)48-34-32(47-36(35(34)45-5)41-24-22-33(43)40-37(41)44)26-50-38(29-16-9-6-10-17-29,30-18-11-7-12-19-30)31-20-13-8-14-21-31/h6-14,16-22,24,27-28,32,34-36H,15,25-26H2,1-5H3,(H,40,43,44)/t32-,34-,35-,36-,49+/m1/s1. The zero-order chi connectivity index (χ0) is 35.7. The predicted octanol–water partition coefficient (Wildman–Crippen LogP) is 6.84. The number of nitrogens with one attached hydrogen (secondary N) is 1. The van der Waals surface area contributed by atoms with E-state index in [-0.39, 0.29) is 25.1 Å². The first-order valence-electron chi connectivity index (χ1n) is 16.8. The highest BCUT2D eigenvalue weighted by Crippen LogP contribution is 2.53. The molecule has 0 spiro atoms. The number of hydrogen-bond acceptors (Lipinski definition) is 9. The fourth-order valence-corrected chi connectivity index (χ4v) is 9.81. The summed E-state index contributed by atoms with van der Waals surface area (Å²) in [6, 6.07) is 34.8. The first-order chi connectivity index (χ1) is 24.2. The number of hydrogen-bond donors (Lipinski definition) is 1. The molecule has 1 aliphatic rings. The molecule has 0 unspecified atom stereocenters. The van der Waals surface area contributed by atoms with E-state index in [1.165, 1.54) is 16.8 Å². The van der Waals surface area contributed by atoms with Crippen molar-refractivity contribution in [1.82, 2.24) is 14.2 Å². The van der Waals surface area contributed by atoms with Crippen molar-refractivity contribution in [2.75, 3.05) is 19.5 Å². The normalized spacial score (nSPS) is 20.0. The van der Waals surface area contributed by atoms with Crippen molar-refractivity contribution in [3.8, 4) is 6.07 Å². The lowest BCUT2D eigenvalue weighted by molar-refractivity contribution is -0.0505. The molecular weight excluding hydrogens is 671 g/mol. The first kappa shape index (κ1) is 37.7. The van der Waals surface area contributed by atoms with E-state index in [9.17, 15) is 14.9 Å². The number of aromatic amines is 1. The number of rotatable bonds is 16. The minimum absolute atomic E-state index is 0.0684. The molecule has 0 bridgehead atoms. The van der Waals surface area contributed by atoms with Gasteiger partial charge in [0.25, 0.3) is 14.1 Å². The van der Waals surface area contributed by atoms with Gasteiger partial charge in [0, 0.05) is 37.2 Å². The van der Waals surface area contributed by atoms with E-state index in [1.54, 1.807) is 18.9 Å². The third-order valence-electron chi connectivity index (χ3n) is 8.56. The van der Waals surface area contributed by atoms with E-state index >= 15 is 0 Å². The van der Waals surface area contributed by atoms with Crippen molar-refractivity contribution in [2.45, 2.75) is 75.5 Å². The van der Waals surface area contributed by atoms with Crippen LogP contribution in [0.5, 0.6) is 0 Å². The minimum Gasteiger partial charge on any atom is -0.374 e. The van der Waals surface area contributed by atoms with E-state index in [1.807, 2.05) is 54.6 Å². The number of H-pyrrole nitrogens is 1. The molecule has 1 N–H and O–H groups in total. The molecule has 0 amide bonds. The summed E-state index contributed by atoms with van der Waals surface area (Å²) in [5.74, 6) is 0.433. The molecule has 0 radical (unpaired) electrons. The summed E-state index contributed by atoms with van der Waals surface area (Å²) in [5, 5.41) is 9.30. The molecule has 3 aromatic carbocycles. The third-order valence-corrected chi connectivity index (χ3v) is 12.3. The Hall–Kier alpha value is -3.59. The number of nitrogens with zero attached hydrogens (tertiary/aromatic N) is 3. The van der Waals surface area contributed by atoms with Crippen LogP contribution in [0.1, 0.15) is 57.0 Å². The van der Waals surface area contributed by atoms with E-state index in [4.69, 9.17) is 18.5 Å². The highest BCUT2D eigenvalue weighted by Gasteiger charge is 2.51. The maximum Gasteiger partial charge on any atom is 0.330 e. The van der Waals surface area contributed by atoms with Crippen LogP contribution in [0.3, 0.4) is 0 Å². The van der Waals surface area contributed by atoms with Gasteiger partial charge >= 0.3 is 5.69 Å². The van der Waals surface area contributed by atoms with Gasteiger partial charge in [-0.3, -0.25) is 14.3 Å². The van der Waals surface area contributed by atoms with E-state index in [0.29, 0.717) is 5.75 Å². The Balaban J connectivity index is 1.61. The summed E-state index contributed by atoms with van der Waals surface area (Å²) in [4.78, 5) is 27.5. The monoisotopic (exact) mass is 716 g/mol. The van der Waals surface area contributed by atoms with Crippen LogP contribution in [0.4, 0.5) is 0 Å². The van der Waals surface area contributed by atoms with Crippen molar-refractivity contribution >= 4 is 20.3 Å². The Labute approximate surface area is 299 Å². The Kier molecular flexibility index (Phi) is 13.2. The molecule has 1 aromatic heterocycles. The second kappa shape index (κ2) is 17.6. The van der Waals surface area contributed by atoms with Gasteiger partial charge in [-0.1, -0.05) is 91.0 Å². The van der Waals surface area contributed by atoms with Crippen molar-refractivity contribution < 1.29 is 18.5 Å². The molecule has 12 heteroatoms. The zero-order valence-electron chi connectivity index (χ0n) is 29.0. The van der Waals surface area contributed by atoms with Gasteiger partial charge in [-0.2, -0.15) is 5.26 Å². The first-order valence-corrected chi connectivity index (χ1v) is 18.9. The molecule has 1 aliphatic heterocycles. The molecule has 1 saturated heterocycles. The Morgan fingerprint density at radius 1 is 0.900 bits per heavy atom. The SMILES string of the molecule is CO[C@@H]1[C@H](O[P@](OCCC#N)N(C(C)C)C(C)C)[C@@H](CSC(c2ccccc2)(c2ccccc2)c2ccccc2)O[C@H]1n1ccc(=O)[nH]c1=O. The van der Waals surface area contributed by atoms with Crippen LogP contribution in [-0.2, 0) is 23.3 Å². The molecule has 0 saturated carbocycles. The van der Waals surface area contributed by atoms with Crippen LogP contribution < -0.4 is 11.2 Å². The number of benzene rings is 3. The van der Waals surface area contributed by atoms with Gasteiger partial charge < -0.3 is 18.5 Å². The molecule has 10 nitrogen and oxygen atoms in total. The van der Waals surface area contributed by atoms with Gasteiger partial charge in [0.2, 0.25) is 0 Å². The third kappa shape index (κ3) is 8.30. The van der Waals surface area contributed by atoms with Crippen LogP contribution in [-0.4, -0.2) is 64.1 Å². The van der Waals surface area contributed by atoms with Crippen LogP contribution >= 0.6 is 20.3 Å². The number of methoxy groups -OCH3 is 1. The summed E-state index contributed by atoms with van der Waals surface area (Å²) >= 11 is 1.72. The van der Waals surface area contributed by atoms with Gasteiger partial charge in [0.15, 0.2) is 6.23 Å². The average molecular weight is 717 g/mol. The zero-order valence-corrected chi connectivity index (χ0v) is 30.8. The van der Waals surface area contributed by atoms with Gasteiger partial charge in [0.1, 0.15) is 12.2 Å². The average Bonchev–Trinajstić information content (AvgIpc) is 3.46. The number of ether oxygens (including phenoxy) is 2. The van der Waals surface area contributed by atoms with Crippen molar-refractivity contribution in [2.24, 2.45) is 0 Å². The summed E-state index contributed by atoms with van der Waals surface area (Å²) < 4.78 is 29.0. The van der Waals surface area contributed by atoms with Gasteiger partial charge in [0.05, 0.1) is 29.9 Å². The molecular formula is C38H45N4O6PS. The Morgan fingerprint density at radius 2 is 1.44 bits per heavy atom. The van der Waals surface area contributed by atoms with Crippen molar-refractivity contribution in [1.29, 1.82) is 5.26 Å². The number of nitriles is 1. The molecule has 2 heterocycles. The molecule has 50 heavy (non-hydrogen) atoms. The van der Waals surface area contributed by atoms with E-state index in [2.05, 4.69) is 79.8 Å². The molecule has 264 valence electrons. The van der Waals surface area contributed by atoms with Crippen LogP contribution in [0.15, 0.2) is 113 Å². The lowest BCUT2D eigenvalue weighted by atomic mass is 9.84. The maximum atomic E-state index is 13.1. The molecule has 5 rings (SSSR count). The highest BCUT2D eigenvalue weighted by atomic mass is 32.2. The lowest BCUT2D eigenvalue weighted by Gasteiger charge is -2.39. The molecule has 0 aliphatic carbocycles. The van der Waals surface area contributed by atoms with E-state index < -0.39 is 49.1 Å². The summed E-state index contributed by atoms with van der Waals surface area (Å²) in [6.07, 6.45) is -1.28. The number of aromatic nitrogens is 2.